The van der Waals surface area contributed by atoms with Gasteiger partial charge in [0.2, 0.25) is 5.13 Å². The van der Waals surface area contributed by atoms with Gasteiger partial charge in [-0.05, 0) is 20.8 Å². The van der Waals surface area contributed by atoms with Crippen LogP contribution < -0.4 is 5.73 Å². The molecule has 0 aliphatic heterocycles. The number of nitrogen functional groups attached to an aromatic ring is 1. The Bertz CT molecular complexity index is 447. The molecule has 0 bridgehead atoms. The lowest BCUT2D eigenvalue weighted by Crippen LogP contribution is -2.31. The molecule has 1 aromatic rings. The highest BCUT2D eigenvalue weighted by Crippen LogP contribution is 2.25. The molecule has 1 aromatic heterocycles. The third-order valence-corrected chi connectivity index (χ3v) is 6.69. The third-order valence-electron chi connectivity index (χ3n) is 1.93. The molecule has 0 atom stereocenters. The van der Waals surface area contributed by atoms with Gasteiger partial charge in [0.1, 0.15) is 0 Å². The molecule has 1 heterocycles. The molecule has 2 N–H and O–H groups in total. The van der Waals surface area contributed by atoms with Crippen LogP contribution in [0.4, 0.5) is 5.13 Å². The number of rotatable bonds is 4. The van der Waals surface area contributed by atoms with Crippen LogP contribution in [0.2, 0.25) is 0 Å². The van der Waals surface area contributed by atoms with Crippen molar-refractivity contribution in [3.05, 3.63) is 0 Å². The summed E-state index contributed by atoms with van der Waals surface area (Å²) in [5.41, 5.74) is 5.42. The third kappa shape index (κ3) is 3.60. The standard InChI is InChI=1S/C8H15N3O2S3/c1-8(2,3)16(12,13)5-4-14-7-11-10-6(9)15-7/h4-5H2,1-3H3,(H2,9,10). The van der Waals surface area contributed by atoms with Crippen molar-refractivity contribution in [3.63, 3.8) is 0 Å². The second-order valence-corrected chi connectivity index (χ2v) is 9.40. The Morgan fingerprint density at radius 1 is 1.38 bits per heavy atom. The number of sulfone groups is 1. The lowest BCUT2D eigenvalue weighted by atomic mass is 10.3. The summed E-state index contributed by atoms with van der Waals surface area (Å²) in [5, 5.41) is 7.87. The minimum absolute atomic E-state index is 0.140. The molecule has 0 fully saturated rings. The second kappa shape index (κ2) is 4.89. The van der Waals surface area contributed by atoms with Gasteiger partial charge in [0.25, 0.3) is 0 Å². The Hall–Kier alpha value is -0.340. The van der Waals surface area contributed by atoms with E-state index >= 15 is 0 Å². The van der Waals surface area contributed by atoms with Gasteiger partial charge in [-0.3, -0.25) is 0 Å². The number of anilines is 1. The predicted molar refractivity (Wildman–Crippen MR) is 68.6 cm³/mol. The first-order valence-corrected chi connectivity index (χ1v) is 8.12. The highest BCUT2D eigenvalue weighted by Gasteiger charge is 2.28. The first kappa shape index (κ1) is 13.7. The summed E-state index contributed by atoms with van der Waals surface area (Å²) >= 11 is 2.64. The van der Waals surface area contributed by atoms with Crippen LogP contribution in [0.3, 0.4) is 0 Å². The summed E-state index contributed by atoms with van der Waals surface area (Å²) < 4.78 is 23.6. The zero-order chi connectivity index (χ0) is 12.4. The summed E-state index contributed by atoms with van der Waals surface area (Å²) in [6.45, 7) is 5.11. The maximum atomic E-state index is 11.8. The van der Waals surface area contributed by atoms with Crippen molar-refractivity contribution < 1.29 is 8.42 Å². The Labute approximate surface area is 104 Å². The lowest BCUT2D eigenvalue weighted by Gasteiger charge is -2.18. The highest BCUT2D eigenvalue weighted by molar-refractivity contribution is 8.02. The van der Waals surface area contributed by atoms with Gasteiger partial charge in [0, 0.05) is 5.75 Å². The number of hydrogen-bond acceptors (Lipinski definition) is 7. The van der Waals surface area contributed by atoms with E-state index in [1.165, 1.54) is 23.1 Å². The summed E-state index contributed by atoms with van der Waals surface area (Å²) in [6.07, 6.45) is 0. The normalized spacial score (nSPS) is 12.9. The van der Waals surface area contributed by atoms with Gasteiger partial charge in [-0.1, -0.05) is 23.1 Å². The molecule has 5 nitrogen and oxygen atoms in total. The molecule has 1 rings (SSSR count). The zero-order valence-corrected chi connectivity index (χ0v) is 11.9. The van der Waals surface area contributed by atoms with Crippen LogP contribution in [0.15, 0.2) is 4.34 Å². The lowest BCUT2D eigenvalue weighted by molar-refractivity contribution is 0.562. The molecule has 0 aromatic carbocycles. The second-order valence-electron chi connectivity index (χ2n) is 4.19. The van der Waals surface area contributed by atoms with Crippen LogP contribution in [0, 0.1) is 0 Å². The molecule has 0 aliphatic rings. The van der Waals surface area contributed by atoms with Crippen LogP contribution in [0.1, 0.15) is 20.8 Å². The van der Waals surface area contributed by atoms with Crippen molar-refractivity contribution >= 4 is 38.1 Å². The Morgan fingerprint density at radius 2 is 2.00 bits per heavy atom. The van der Waals surface area contributed by atoms with E-state index in [-0.39, 0.29) is 5.75 Å². The smallest absolute Gasteiger partial charge is 0.203 e. The quantitative estimate of drug-likeness (QED) is 0.840. The fourth-order valence-electron chi connectivity index (χ4n) is 0.824. The van der Waals surface area contributed by atoms with Crippen molar-refractivity contribution in [3.8, 4) is 0 Å². The molecule has 0 saturated heterocycles. The van der Waals surface area contributed by atoms with Gasteiger partial charge in [-0.25, -0.2) is 8.42 Å². The maximum Gasteiger partial charge on any atom is 0.203 e. The number of nitrogens with zero attached hydrogens (tertiary/aromatic N) is 2. The van der Waals surface area contributed by atoms with E-state index in [4.69, 9.17) is 5.73 Å². The molecule has 16 heavy (non-hydrogen) atoms. The summed E-state index contributed by atoms with van der Waals surface area (Å²) in [4.78, 5) is 0. The van der Waals surface area contributed by atoms with Gasteiger partial charge < -0.3 is 5.73 Å². The van der Waals surface area contributed by atoms with E-state index < -0.39 is 14.6 Å². The van der Waals surface area contributed by atoms with E-state index in [1.807, 2.05) is 0 Å². The van der Waals surface area contributed by atoms with Crippen LogP contribution in [-0.2, 0) is 9.84 Å². The fourth-order valence-corrected chi connectivity index (χ4v) is 4.00. The molecule has 0 unspecified atom stereocenters. The summed E-state index contributed by atoms with van der Waals surface area (Å²) in [7, 11) is -3.06. The van der Waals surface area contributed by atoms with E-state index in [9.17, 15) is 8.42 Å². The van der Waals surface area contributed by atoms with Crippen LogP contribution in [0.25, 0.3) is 0 Å². The fraction of sp³-hybridized carbons (Fsp3) is 0.750. The average Bonchev–Trinajstić information content (AvgIpc) is 2.49. The van der Waals surface area contributed by atoms with E-state index in [0.29, 0.717) is 15.2 Å². The van der Waals surface area contributed by atoms with Crippen LogP contribution in [-0.4, -0.2) is 34.9 Å². The number of hydrogen-bond donors (Lipinski definition) is 1. The van der Waals surface area contributed by atoms with Gasteiger partial charge in [-0.2, -0.15) is 0 Å². The van der Waals surface area contributed by atoms with Crippen molar-refractivity contribution in [2.75, 3.05) is 17.2 Å². The maximum absolute atomic E-state index is 11.8. The molecule has 92 valence electrons. The Kier molecular flexibility index (Phi) is 4.19. The first-order chi connectivity index (χ1) is 7.22. The molecule has 0 saturated carbocycles. The molecule has 8 heteroatoms. The predicted octanol–water partition coefficient (Wildman–Crippen LogP) is 1.43. The SMILES string of the molecule is CC(C)(C)S(=O)(=O)CCSc1nnc(N)s1. The number of thioether (sulfide) groups is 1. The van der Waals surface area contributed by atoms with Crippen molar-refractivity contribution in [1.82, 2.24) is 10.2 Å². The number of aromatic nitrogens is 2. The summed E-state index contributed by atoms with van der Waals surface area (Å²) in [6, 6.07) is 0. The first-order valence-electron chi connectivity index (χ1n) is 4.66. The molecular weight excluding hydrogens is 266 g/mol. The van der Waals surface area contributed by atoms with Gasteiger partial charge >= 0.3 is 0 Å². The van der Waals surface area contributed by atoms with Crippen molar-refractivity contribution in [2.24, 2.45) is 0 Å². The van der Waals surface area contributed by atoms with E-state index in [2.05, 4.69) is 10.2 Å². The number of nitrogens with two attached hydrogens (primary N) is 1. The summed E-state index contributed by atoms with van der Waals surface area (Å²) in [5.74, 6) is 0.620. The van der Waals surface area contributed by atoms with E-state index in [1.54, 1.807) is 20.8 Å². The average molecular weight is 281 g/mol. The van der Waals surface area contributed by atoms with Crippen molar-refractivity contribution in [1.29, 1.82) is 0 Å². The Morgan fingerprint density at radius 3 is 2.44 bits per heavy atom. The van der Waals surface area contributed by atoms with Gasteiger partial charge in [0.05, 0.1) is 10.5 Å². The van der Waals surface area contributed by atoms with Crippen molar-refractivity contribution in [2.45, 2.75) is 29.9 Å². The Balaban J connectivity index is 2.48. The molecule has 0 radical (unpaired) electrons. The minimum atomic E-state index is -3.06. The van der Waals surface area contributed by atoms with E-state index in [0.717, 1.165) is 0 Å². The van der Waals surface area contributed by atoms with Crippen LogP contribution in [0.5, 0.6) is 0 Å². The van der Waals surface area contributed by atoms with Crippen LogP contribution >= 0.6 is 23.1 Å². The molecule has 0 spiro atoms. The molecular formula is C8H15N3O2S3. The monoisotopic (exact) mass is 281 g/mol. The largest absolute Gasteiger partial charge is 0.374 e. The molecule has 0 aliphatic carbocycles. The zero-order valence-electron chi connectivity index (χ0n) is 9.43. The highest BCUT2D eigenvalue weighted by atomic mass is 32.2. The topological polar surface area (TPSA) is 85.9 Å². The molecule has 0 amide bonds. The van der Waals surface area contributed by atoms with Gasteiger partial charge in [-0.15, -0.1) is 10.2 Å². The minimum Gasteiger partial charge on any atom is -0.374 e. The van der Waals surface area contributed by atoms with Gasteiger partial charge in [0.15, 0.2) is 14.2 Å².